The predicted molar refractivity (Wildman–Crippen MR) is 72.5 cm³/mol. The van der Waals surface area contributed by atoms with E-state index in [9.17, 15) is 18.0 Å². The number of hydrogen-bond donors (Lipinski definition) is 0. The van der Waals surface area contributed by atoms with Gasteiger partial charge in [0.1, 0.15) is 5.75 Å². The van der Waals surface area contributed by atoms with Crippen molar-refractivity contribution >= 4 is 5.78 Å². The Bertz CT molecular complexity index is 648. The molecule has 0 bridgehead atoms. The summed E-state index contributed by atoms with van der Waals surface area (Å²) >= 11 is 0. The molecule has 0 aromatic heterocycles. The quantitative estimate of drug-likeness (QED) is 0.792. The average Bonchev–Trinajstić information content (AvgIpc) is 2.47. The van der Waals surface area contributed by atoms with Gasteiger partial charge in [0, 0.05) is 17.5 Å². The Morgan fingerprint density at radius 3 is 2.48 bits per heavy atom. The maximum Gasteiger partial charge on any atom is 0.416 e. The van der Waals surface area contributed by atoms with Crippen molar-refractivity contribution < 1.29 is 22.7 Å². The summed E-state index contributed by atoms with van der Waals surface area (Å²) in [5.41, 5.74) is -0.147. The predicted octanol–water partition coefficient (Wildman–Crippen LogP) is 4.14. The van der Waals surface area contributed by atoms with Crippen LogP contribution in [0.25, 0.3) is 0 Å². The molecule has 0 N–H and O–H groups in total. The van der Waals surface area contributed by atoms with E-state index in [1.807, 2.05) is 0 Å². The van der Waals surface area contributed by atoms with Gasteiger partial charge in [0.15, 0.2) is 5.78 Å². The SMILES string of the molecule is COc1ccccc1CC(=O)c1cccc(C(F)(F)F)c1. The summed E-state index contributed by atoms with van der Waals surface area (Å²) in [6.07, 6.45) is -4.47. The van der Waals surface area contributed by atoms with Gasteiger partial charge in [0.05, 0.1) is 12.7 Å². The smallest absolute Gasteiger partial charge is 0.416 e. The van der Waals surface area contributed by atoms with Crippen LogP contribution in [0.3, 0.4) is 0 Å². The highest BCUT2D eigenvalue weighted by Crippen LogP contribution is 2.30. The van der Waals surface area contributed by atoms with Crippen LogP contribution in [0, 0.1) is 0 Å². The van der Waals surface area contributed by atoms with E-state index in [1.54, 1.807) is 24.3 Å². The fourth-order valence-corrected chi connectivity index (χ4v) is 1.99. The zero-order valence-corrected chi connectivity index (χ0v) is 11.3. The minimum Gasteiger partial charge on any atom is -0.496 e. The van der Waals surface area contributed by atoms with Crippen molar-refractivity contribution in [3.8, 4) is 5.75 Å². The number of carbonyl (C=O) groups is 1. The second-order valence-electron chi connectivity index (χ2n) is 4.49. The third kappa shape index (κ3) is 3.62. The molecule has 0 atom stereocenters. The van der Waals surface area contributed by atoms with Gasteiger partial charge in [-0.25, -0.2) is 0 Å². The molecule has 0 fully saturated rings. The first kappa shape index (κ1) is 15.1. The van der Waals surface area contributed by atoms with Gasteiger partial charge >= 0.3 is 6.18 Å². The lowest BCUT2D eigenvalue weighted by molar-refractivity contribution is -0.137. The minimum absolute atomic E-state index is 0.00861. The summed E-state index contributed by atoms with van der Waals surface area (Å²) in [4.78, 5) is 12.1. The van der Waals surface area contributed by atoms with Crippen molar-refractivity contribution in [1.29, 1.82) is 0 Å². The van der Waals surface area contributed by atoms with Crippen LogP contribution < -0.4 is 4.74 Å². The summed E-state index contributed by atoms with van der Waals surface area (Å²) in [6.45, 7) is 0. The molecule has 0 amide bonds. The Morgan fingerprint density at radius 1 is 1.10 bits per heavy atom. The van der Waals surface area contributed by atoms with E-state index in [4.69, 9.17) is 4.74 Å². The lowest BCUT2D eigenvalue weighted by Gasteiger charge is -2.10. The van der Waals surface area contributed by atoms with E-state index in [2.05, 4.69) is 0 Å². The largest absolute Gasteiger partial charge is 0.496 e. The zero-order chi connectivity index (χ0) is 15.5. The molecule has 0 aliphatic rings. The summed E-state index contributed by atoms with van der Waals surface area (Å²) < 4.78 is 43.1. The topological polar surface area (TPSA) is 26.3 Å². The fraction of sp³-hybridized carbons (Fsp3) is 0.188. The fourth-order valence-electron chi connectivity index (χ4n) is 1.99. The van der Waals surface area contributed by atoms with Crippen LogP contribution in [0.5, 0.6) is 5.75 Å². The summed E-state index contributed by atoms with van der Waals surface area (Å²) in [5.74, 6) is 0.156. The number of methoxy groups -OCH3 is 1. The average molecular weight is 294 g/mol. The monoisotopic (exact) mass is 294 g/mol. The van der Waals surface area contributed by atoms with Crippen LogP contribution in [0.15, 0.2) is 48.5 Å². The van der Waals surface area contributed by atoms with Gasteiger partial charge in [0.2, 0.25) is 0 Å². The molecule has 0 unspecified atom stereocenters. The van der Waals surface area contributed by atoms with Crippen molar-refractivity contribution in [1.82, 2.24) is 0 Å². The van der Waals surface area contributed by atoms with Crippen LogP contribution in [0.2, 0.25) is 0 Å². The molecule has 110 valence electrons. The Balaban J connectivity index is 2.25. The number of alkyl halides is 3. The molecule has 21 heavy (non-hydrogen) atoms. The molecule has 2 rings (SSSR count). The standard InChI is InChI=1S/C16H13F3O2/c1-21-15-8-3-2-5-12(15)10-14(20)11-6-4-7-13(9-11)16(17,18)19/h2-9H,10H2,1H3. The van der Waals surface area contributed by atoms with Crippen LogP contribution in [0.4, 0.5) is 13.2 Å². The maximum absolute atomic E-state index is 12.6. The number of hydrogen-bond acceptors (Lipinski definition) is 2. The highest BCUT2D eigenvalue weighted by atomic mass is 19.4. The number of ether oxygens (including phenoxy) is 1. The highest BCUT2D eigenvalue weighted by Gasteiger charge is 2.30. The number of halogens is 3. The number of benzene rings is 2. The molecule has 2 aromatic rings. The maximum atomic E-state index is 12.6. The summed E-state index contributed by atoms with van der Waals surface area (Å²) in [6, 6.07) is 11.4. The third-order valence-corrected chi connectivity index (χ3v) is 3.06. The van der Waals surface area contributed by atoms with Crippen LogP contribution in [-0.2, 0) is 12.6 Å². The number of ketones is 1. The number of carbonyl (C=O) groups excluding carboxylic acids is 1. The van der Waals surface area contributed by atoms with Crippen molar-refractivity contribution in [2.75, 3.05) is 7.11 Å². The van der Waals surface area contributed by atoms with Gasteiger partial charge in [-0.1, -0.05) is 30.3 Å². The molecule has 0 saturated heterocycles. The van der Waals surface area contributed by atoms with E-state index in [0.29, 0.717) is 11.3 Å². The normalized spacial score (nSPS) is 11.2. The molecular weight excluding hydrogens is 281 g/mol. The number of Topliss-reactive ketones (excluding diaryl/α,β-unsaturated/α-hetero) is 1. The molecule has 0 spiro atoms. The minimum atomic E-state index is -4.46. The Morgan fingerprint density at radius 2 is 1.81 bits per heavy atom. The van der Waals surface area contributed by atoms with E-state index >= 15 is 0 Å². The molecule has 2 nitrogen and oxygen atoms in total. The molecule has 0 aliphatic carbocycles. The van der Waals surface area contributed by atoms with E-state index < -0.39 is 11.7 Å². The zero-order valence-electron chi connectivity index (χ0n) is 11.3. The van der Waals surface area contributed by atoms with E-state index in [0.717, 1.165) is 12.1 Å². The molecule has 0 radical (unpaired) electrons. The molecule has 0 aliphatic heterocycles. The number of para-hydroxylation sites is 1. The number of rotatable bonds is 4. The first-order valence-corrected chi connectivity index (χ1v) is 6.24. The lowest BCUT2D eigenvalue weighted by atomic mass is 10.0. The van der Waals surface area contributed by atoms with Gasteiger partial charge in [-0.05, 0) is 18.2 Å². The second-order valence-corrected chi connectivity index (χ2v) is 4.49. The van der Waals surface area contributed by atoms with Crippen molar-refractivity contribution in [2.45, 2.75) is 12.6 Å². The molecule has 0 saturated carbocycles. The van der Waals surface area contributed by atoms with Crippen LogP contribution >= 0.6 is 0 Å². The first-order valence-electron chi connectivity index (χ1n) is 6.24. The van der Waals surface area contributed by atoms with Crippen molar-refractivity contribution in [2.24, 2.45) is 0 Å². The highest BCUT2D eigenvalue weighted by molar-refractivity contribution is 5.98. The molecule has 2 aromatic carbocycles. The summed E-state index contributed by atoms with van der Waals surface area (Å²) in [5, 5.41) is 0. The molecule has 5 heteroatoms. The van der Waals surface area contributed by atoms with E-state index in [-0.39, 0.29) is 17.8 Å². The van der Waals surface area contributed by atoms with E-state index in [1.165, 1.54) is 19.2 Å². The van der Waals surface area contributed by atoms with Gasteiger partial charge in [-0.3, -0.25) is 4.79 Å². The Hall–Kier alpha value is -2.30. The van der Waals surface area contributed by atoms with Gasteiger partial charge in [-0.15, -0.1) is 0 Å². The molecule has 0 heterocycles. The van der Waals surface area contributed by atoms with Crippen molar-refractivity contribution in [3.05, 3.63) is 65.2 Å². The lowest BCUT2D eigenvalue weighted by Crippen LogP contribution is -2.09. The van der Waals surface area contributed by atoms with Crippen LogP contribution in [0.1, 0.15) is 21.5 Å². The first-order chi connectivity index (χ1) is 9.91. The van der Waals surface area contributed by atoms with Crippen LogP contribution in [-0.4, -0.2) is 12.9 Å². The Labute approximate surface area is 120 Å². The Kier molecular flexibility index (Phi) is 4.31. The van der Waals surface area contributed by atoms with Gasteiger partial charge in [-0.2, -0.15) is 13.2 Å². The van der Waals surface area contributed by atoms with Crippen molar-refractivity contribution in [3.63, 3.8) is 0 Å². The molecular formula is C16H13F3O2. The second kappa shape index (κ2) is 5.99. The third-order valence-electron chi connectivity index (χ3n) is 3.06. The van der Waals surface area contributed by atoms with Gasteiger partial charge < -0.3 is 4.74 Å². The summed E-state index contributed by atoms with van der Waals surface area (Å²) in [7, 11) is 1.48. The van der Waals surface area contributed by atoms with Gasteiger partial charge in [0.25, 0.3) is 0 Å².